The van der Waals surface area contributed by atoms with E-state index in [2.05, 4.69) is 46.2 Å². The first-order valence-electron chi connectivity index (χ1n) is 13.9. The number of imidazole rings is 1. The summed E-state index contributed by atoms with van der Waals surface area (Å²) < 4.78 is 9.65. The van der Waals surface area contributed by atoms with Crippen LogP contribution in [0.2, 0.25) is 0 Å². The summed E-state index contributed by atoms with van der Waals surface area (Å²) >= 11 is 0. The van der Waals surface area contributed by atoms with E-state index in [-0.39, 0.29) is 5.92 Å². The zero-order chi connectivity index (χ0) is 27.7. The molecule has 0 saturated carbocycles. The second kappa shape index (κ2) is 10.9. The summed E-state index contributed by atoms with van der Waals surface area (Å²) in [7, 11) is 1.87. The van der Waals surface area contributed by atoms with Gasteiger partial charge in [0.15, 0.2) is 0 Å². The molecule has 3 heterocycles. The van der Waals surface area contributed by atoms with E-state index >= 15 is 0 Å². The molecule has 4 aromatic rings. The van der Waals surface area contributed by atoms with Gasteiger partial charge in [0.25, 0.3) is 0 Å². The van der Waals surface area contributed by atoms with Crippen LogP contribution in [0.25, 0.3) is 11.0 Å². The van der Waals surface area contributed by atoms with Gasteiger partial charge < -0.3 is 14.4 Å². The van der Waals surface area contributed by atoms with Gasteiger partial charge in [-0.1, -0.05) is 29.5 Å². The Hall–Kier alpha value is -3.52. The van der Waals surface area contributed by atoms with E-state index < -0.39 is 11.4 Å². The third kappa shape index (κ3) is 5.35. The van der Waals surface area contributed by atoms with Gasteiger partial charge in [-0.05, 0) is 86.8 Å². The van der Waals surface area contributed by atoms with Gasteiger partial charge >= 0.3 is 5.97 Å². The Morgan fingerprint density at radius 3 is 2.79 bits per heavy atom. The van der Waals surface area contributed by atoms with Crippen molar-refractivity contribution in [1.29, 1.82) is 0 Å². The lowest BCUT2D eigenvalue weighted by molar-refractivity contribution is -0.147. The monoisotopic (exact) mass is 529 g/mol. The molecule has 1 N–H and O–H groups in total. The molecule has 1 fully saturated rings. The summed E-state index contributed by atoms with van der Waals surface area (Å²) in [5.74, 6) is 0.477. The minimum Gasteiger partial charge on any atom is -0.481 e. The zero-order valence-corrected chi connectivity index (χ0v) is 23.6. The number of rotatable bonds is 8. The first kappa shape index (κ1) is 27.1. The molecule has 39 heavy (non-hydrogen) atoms. The van der Waals surface area contributed by atoms with E-state index in [1.165, 1.54) is 17.5 Å². The highest BCUT2D eigenvalue weighted by Crippen LogP contribution is 2.44. The van der Waals surface area contributed by atoms with Gasteiger partial charge in [0.2, 0.25) is 0 Å². The lowest BCUT2D eigenvalue weighted by atomic mass is 9.69. The van der Waals surface area contributed by atoms with Crippen LogP contribution in [-0.4, -0.2) is 48.8 Å². The van der Waals surface area contributed by atoms with Gasteiger partial charge in [-0.25, -0.2) is 9.67 Å². The predicted molar refractivity (Wildman–Crippen MR) is 151 cm³/mol. The van der Waals surface area contributed by atoms with Crippen LogP contribution in [0.4, 0.5) is 0 Å². The van der Waals surface area contributed by atoms with E-state index in [1.54, 1.807) is 4.68 Å². The molecule has 206 valence electrons. The van der Waals surface area contributed by atoms with E-state index in [4.69, 9.17) is 9.72 Å². The Kier molecular flexibility index (Phi) is 7.58. The molecule has 8 heteroatoms. The fourth-order valence-electron chi connectivity index (χ4n) is 6.00. The van der Waals surface area contributed by atoms with Crippen molar-refractivity contribution in [3.63, 3.8) is 0 Å². The Balaban J connectivity index is 1.52. The van der Waals surface area contributed by atoms with E-state index in [0.717, 1.165) is 66.0 Å². The van der Waals surface area contributed by atoms with Crippen molar-refractivity contribution in [2.75, 3.05) is 13.2 Å². The number of benzene rings is 2. The Morgan fingerprint density at radius 2 is 2.00 bits per heavy atom. The number of aliphatic carboxylic acids is 1. The molecule has 1 aliphatic rings. The van der Waals surface area contributed by atoms with Crippen LogP contribution >= 0.6 is 0 Å². The fourth-order valence-corrected chi connectivity index (χ4v) is 6.00. The molecule has 8 nitrogen and oxygen atoms in total. The van der Waals surface area contributed by atoms with Crippen molar-refractivity contribution >= 4 is 17.0 Å². The minimum atomic E-state index is -1.05. The van der Waals surface area contributed by atoms with Crippen molar-refractivity contribution in [2.24, 2.45) is 18.4 Å². The number of aromatic nitrogens is 5. The van der Waals surface area contributed by atoms with Crippen LogP contribution in [-0.2, 0) is 29.5 Å². The van der Waals surface area contributed by atoms with Crippen LogP contribution in [0.15, 0.2) is 42.7 Å². The summed E-state index contributed by atoms with van der Waals surface area (Å²) in [6.07, 6.45) is 8.23. The maximum absolute atomic E-state index is 12.6. The summed E-state index contributed by atoms with van der Waals surface area (Å²) in [6.45, 7) is 10.1. The number of nitrogens with zero attached hydrogens (tertiary/aromatic N) is 5. The third-order valence-corrected chi connectivity index (χ3v) is 8.55. The maximum atomic E-state index is 12.6. The van der Waals surface area contributed by atoms with Crippen molar-refractivity contribution in [1.82, 2.24) is 24.5 Å². The minimum absolute atomic E-state index is 0.367. The first-order chi connectivity index (χ1) is 18.7. The number of carboxylic acid groups (broad SMARTS) is 1. The van der Waals surface area contributed by atoms with Crippen molar-refractivity contribution < 1.29 is 14.6 Å². The molecule has 5 rings (SSSR count). The van der Waals surface area contributed by atoms with Crippen molar-refractivity contribution in [3.8, 4) is 0 Å². The molecule has 0 aliphatic carbocycles. The van der Waals surface area contributed by atoms with Crippen LogP contribution in [0, 0.1) is 25.2 Å². The molecule has 2 aromatic heterocycles. The summed E-state index contributed by atoms with van der Waals surface area (Å²) in [5.41, 5.74) is 5.94. The SMILES string of the molecule is Cc1ccc(C(c2ccc3c(nnn3C)c2C)C(C)(C)C(=O)O)cc1Cn1ccnc1CC1CCCOCC1. The van der Waals surface area contributed by atoms with Gasteiger partial charge in [-0.3, -0.25) is 4.79 Å². The normalized spacial score (nSPS) is 17.3. The van der Waals surface area contributed by atoms with E-state index in [1.807, 2.05) is 46.1 Å². The molecule has 1 saturated heterocycles. The van der Waals surface area contributed by atoms with Crippen LogP contribution in [0.1, 0.15) is 72.7 Å². The van der Waals surface area contributed by atoms with Crippen LogP contribution in [0.3, 0.4) is 0 Å². The van der Waals surface area contributed by atoms with Gasteiger partial charge in [0.05, 0.1) is 10.9 Å². The third-order valence-electron chi connectivity index (χ3n) is 8.55. The smallest absolute Gasteiger partial charge is 0.310 e. The van der Waals surface area contributed by atoms with Crippen LogP contribution < -0.4 is 0 Å². The number of carbonyl (C=O) groups is 1. The molecule has 0 amide bonds. The predicted octanol–water partition coefficient (Wildman–Crippen LogP) is 5.43. The average Bonchev–Trinajstić information content (AvgIpc) is 3.40. The van der Waals surface area contributed by atoms with Crippen molar-refractivity contribution in [3.05, 3.63) is 76.4 Å². The Morgan fingerprint density at radius 1 is 1.18 bits per heavy atom. The molecule has 2 atom stereocenters. The number of carboxylic acids is 1. The molecular weight excluding hydrogens is 490 g/mol. The lowest BCUT2D eigenvalue weighted by Crippen LogP contribution is -2.32. The first-order valence-corrected chi connectivity index (χ1v) is 13.9. The van der Waals surface area contributed by atoms with Gasteiger partial charge in [-0.15, -0.1) is 5.10 Å². The zero-order valence-electron chi connectivity index (χ0n) is 23.6. The Labute approximate surface area is 230 Å². The van der Waals surface area contributed by atoms with Crippen molar-refractivity contribution in [2.45, 2.75) is 65.8 Å². The molecule has 2 aromatic carbocycles. The second-order valence-corrected chi connectivity index (χ2v) is 11.6. The topological polar surface area (TPSA) is 95.1 Å². The summed E-state index contributed by atoms with van der Waals surface area (Å²) in [4.78, 5) is 17.3. The molecular formula is C31H39N5O3. The highest BCUT2D eigenvalue weighted by molar-refractivity contribution is 5.81. The Bertz CT molecular complexity index is 1480. The largest absolute Gasteiger partial charge is 0.481 e. The highest BCUT2D eigenvalue weighted by Gasteiger charge is 2.40. The van der Waals surface area contributed by atoms with Gasteiger partial charge in [0.1, 0.15) is 11.3 Å². The highest BCUT2D eigenvalue weighted by atomic mass is 16.5. The second-order valence-electron chi connectivity index (χ2n) is 11.6. The van der Waals surface area contributed by atoms with Gasteiger partial charge in [0, 0.05) is 51.5 Å². The lowest BCUT2D eigenvalue weighted by Gasteiger charge is -2.33. The summed E-state index contributed by atoms with van der Waals surface area (Å²) in [6, 6.07) is 10.4. The number of fused-ring (bicyclic) bond motifs is 1. The number of hydrogen-bond donors (Lipinski definition) is 1. The van der Waals surface area contributed by atoms with Crippen LogP contribution in [0.5, 0.6) is 0 Å². The molecule has 1 aliphatic heterocycles. The number of ether oxygens (including phenoxy) is 1. The van der Waals surface area contributed by atoms with E-state index in [0.29, 0.717) is 12.5 Å². The number of aryl methyl sites for hydroxylation is 3. The molecule has 0 bridgehead atoms. The maximum Gasteiger partial charge on any atom is 0.310 e. The standard InChI is InChI=1S/C31H39N5O3/c1-20-8-9-23(18-24(20)19-36-14-13-32-27(36)17-22-7-6-15-39-16-12-22)28(31(3,4)30(37)38)25-10-11-26-29(21(25)2)33-34-35(26)5/h8-11,13-14,18,22,28H,6-7,12,15-17,19H2,1-5H3,(H,37,38). The summed E-state index contributed by atoms with van der Waals surface area (Å²) in [5, 5.41) is 18.9. The molecule has 0 radical (unpaired) electrons. The average molecular weight is 530 g/mol. The number of hydrogen-bond acceptors (Lipinski definition) is 5. The van der Waals surface area contributed by atoms with Gasteiger partial charge in [-0.2, -0.15) is 0 Å². The molecule has 0 spiro atoms. The molecule has 2 unspecified atom stereocenters. The van der Waals surface area contributed by atoms with E-state index in [9.17, 15) is 9.90 Å². The quantitative estimate of drug-likeness (QED) is 0.327. The fraction of sp³-hybridized carbons (Fsp3) is 0.484.